The summed E-state index contributed by atoms with van der Waals surface area (Å²) < 4.78 is 4.99. The van der Waals surface area contributed by atoms with Gasteiger partial charge in [-0.3, -0.25) is 5.32 Å². The number of aliphatic imine (C=N–C) groups is 1. The summed E-state index contributed by atoms with van der Waals surface area (Å²) in [7, 11) is 0. The Morgan fingerprint density at radius 3 is 3.12 bits per heavy atom. The van der Waals surface area contributed by atoms with Gasteiger partial charge in [-0.15, -0.1) is 0 Å². The Hall–Kier alpha value is -2.83. The van der Waals surface area contributed by atoms with Crippen LogP contribution >= 0.6 is 0 Å². The highest BCUT2D eigenvalue weighted by molar-refractivity contribution is 6.08. The van der Waals surface area contributed by atoms with E-state index in [4.69, 9.17) is 15.5 Å². The number of hydrogen-bond acceptors (Lipinski definition) is 6. The maximum absolute atomic E-state index is 11.7. The highest BCUT2D eigenvalue weighted by Gasteiger charge is 2.22. The average molecular weight is 341 g/mol. The molecular formula is C18H23N5O2. The maximum Gasteiger partial charge on any atom is 0.412 e. The van der Waals surface area contributed by atoms with E-state index in [1.165, 1.54) is 5.57 Å². The summed E-state index contributed by atoms with van der Waals surface area (Å²) in [4.78, 5) is 20.6. The predicted octanol–water partition coefficient (Wildman–Crippen LogP) is 3.64. The molecule has 0 spiro atoms. The number of hydrogen-bond donors (Lipinski definition) is 3. The van der Waals surface area contributed by atoms with Crippen molar-refractivity contribution in [2.75, 3.05) is 29.5 Å². The molecule has 1 aliphatic heterocycles. The number of pyridine rings is 1. The largest absolute Gasteiger partial charge is 0.449 e. The molecule has 1 atom stereocenters. The molecule has 0 radical (unpaired) electrons. The van der Waals surface area contributed by atoms with Gasteiger partial charge >= 0.3 is 6.09 Å². The Morgan fingerprint density at radius 1 is 1.52 bits per heavy atom. The lowest BCUT2D eigenvalue weighted by Gasteiger charge is -2.24. The fraction of sp³-hybridized carbons (Fsp3) is 0.389. The van der Waals surface area contributed by atoms with Crippen LogP contribution in [0.1, 0.15) is 26.7 Å². The summed E-state index contributed by atoms with van der Waals surface area (Å²) in [5, 5.41) is 5.91. The van der Waals surface area contributed by atoms with Crippen LogP contribution in [0, 0.1) is 5.92 Å². The highest BCUT2D eigenvalue weighted by Crippen LogP contribution is 2.37. The van der Waals surface area contributed by atoms with E-state index in [1.54, 1.807) is 6.07 Å². The van der Waals surface area contributed by atoms with Gasteiger partial charge in [-0.1, -0.05) is 32.1 Å². The second kappa shape index (κ2) is 7.38. The van der Waals surface area contributed by atoms with E-state index in [1.807, 2.05) is 6.92 Å². The Labute approximate surface area is 147 Å². The van der Waals surface area contributed by atoms with Crippen molar-refractivity contribution in [3.63, 3.8) is 0 Å². The summed E-state index contributed by atoms with van der Waals surface area (Å²) >= 11 is 0. The van der Waals surface area contributed by atoms with Gasteiger partial charge in [0, 0.05) is 6.07 Å². The van der Waals surface area contributed by atoms with Crippen molar-refractivity contribution in [2.24, 2.45) is 10.9 Å². The number of allylic oxidation sites excluding steroid dienone is 3. The first-order valence-corrected chi connectivity index (χ1v) is 8.51. The van der Waals surface area contributed by atoms with Gasteiger partial charge in [0.05, 0.1) is 24.6 Å². The molecule has 2 heterocycles. The van der Waals surface area contributed by atoms with Gasteiger partial charge in [-0.2, -0.15) is 0 Å². The molecule has 7 heteroatoms. The lowest BCUT2D eigenvalue weighted by atomic mass is 9.89. The zero-order valence-corrected chi connectivity index (χ0v) is 14.5. The third-order valence-electron chi connectivity index (χ3n) is 4.15. The van der Waals surface area contributed by atoms with Crippen LogP contribution in [-0.4, -0.2) is 29.9 Å². The smallest absolute Gasteiger partial charge is 0.412 e. The van der Waals surface area contributed by atoms with Crippen LogP contribution in [0.25, 0.3) is 0 Å². The number of amides is 1. The van der Waals surface area contributed by atoms with Gasteiger partial charge in [0.2, 0.25) is 0 Å². The zero-order chi connectivity index (χ0) is 17.8. The first-order chi connectivity index (χ1) is 12.1. The number of nitrogens with one attached hydrogen (secondary N) is 2. The number of fused-ring (bicyclic) bond motifs is 1. The SMILES string of the molecule is CCCOC(=O)Nc1cc2c(c(N)n1)N=C(C1=CC=CCC1C)CN2. The van der Waals surface area contributed by atoms with Crippen molar-refractivity contribution in [2.45, 2.75) is 26.7 Å². The first-order valence-electron chi connectivity index (χ1n) is 8.51. The lowest BCUT2D eigenvalue weighted by Crippen LogP contribution is -2.24. The van der Waals surface area contributed by atoms with E-state index in [0.717, 1.165) is 24.2 Å². The molecule has 1 unspecified atom stereocenters. The van der Waals surface area contributed by atoms with E-state index < -0.39 is 6.09 Å². The number of ether oxygens (including phenoxy) is 1. The summed E-state index contributed by atoms with van der Waals surface area (Å²) in [5.41, 5.74) is 9.61. The number of nitrogens with two attached hydrogens (primary N) is 1. The van der Waals surface area contributed by atoms with Gasteiger partial charge in [0.25, 0.3) is 0 Å². The van der Waals surface area contributed by atoms with Gasteiger partial charge in [0.1, 0.15) is 11.5 Å². The molecule has 0 saturated heterocycles. The first kappa shape index (κ1) is 17.0. The lowest BCUT2D eigenvalue weighted by molar-refractivity contribution is 0.161. The minimum Gasteiger partial charge on any atom is -0.449 e. The van der Waals surface area contributed by atoms with Crippen molar-refractivity contribution in [3.05, 3.63) is 29.9 Å². The minimum atomic E-state index is -0.540. The molecule has 1 amide bonds. The molecular weight excluding hydrogens is 318 g/mol. The van der Waals surface area contributed by atoms with Crippen molar-refractivity contribution in [1.29, 1.82) is 0 Å². The van der Waals surface area contributed by atoms with Crippen LogP contribution in [0.5, 0.6) is 0 Å². The highest BCUT2D eigenvalue weighted by atomic mass is 16.5. The van der Waals surface area contributed by atoms with Crippen LogP contribution < -0.4 is 16.4 Å². The van der Waals surface area contributed by atoms with Gasteiger partial charge in [0.15, 0.2) is 5.82 Å². The molecule has 7 nitrogen and oxygen atoms in total. The van der Waals surface area contributed by atoms with Crippen LogP contribution in [-0.2, 0) is 4.74 Å². The topological polar surface area (TPSA) is 102 Å². The van der Waals surface area contributed by atoms with Crippen LogP contribution in [0.2, 0.25) is 0 Å². The van der Waals surface area contributed by atoms with Crippen molar-refractivity contribution >= 4 is 34.8 Å². The second-order valence-electron chi connectivity index (χ2n) is 6.15. The number of anilines is 3. The molecule has 1 aromatic heterocycles. The third kappa shape index (κ3) is 3.81. The molecule has 1 aliphatic carbocycles. The molecule has 0 fully saturated rings. The second-order valence-corrected chi connectivity index (χ2v) is 6.15. The van der Waals surface area contributed by atoms with E-state index in [0.29, 0.717) is 30.6 Å². The number of carbonyl (C=O) groups is 1. The van der Waals surface area contributed by atoms with E-state index in [-0.39, 0.29) is 5.82 Å². The van der Waals surface area contributed by atoms with Crippen LogP contribution in [0.15, 0.2) is 34.9 Å². The van der Waals surface area contributed by atoms with Crippen molar-refractivity contribution in [3.8, 4) is 0 Å². The number of nitrogen functional groups attached to an aromatic ring is 1. The number of aromatic nitrogens is 1. The fourth-order valence-electron chi connectivity index (χ4n) is 2.86. The van der Waals surface area contributed by atoms with Crippen LogP contribution in [0.4, 0.5) is 27.8 Å². The molecule has 25 heavy (non-hydrogen) atoms. The van der Waals surface area contributed by atoms with Gasteiger partial charge < -0.3 is 15.8 Å². The Balaban J connectivity index is 1.83. The van der Waals surface area contributed by atoms with E-state index in [2.05, 4.69) is 40.8 Å². The quantitative estimate of drug-likeness (QED) is 0.776. The Bertz CT molecular complexity index is 767. The predicted molar refractivity (Wildman–Crippen MR) is 100 cm³/mol. The van der Waals surface area contributed by atoms with Crippen LogP contribution in [0.3, 0.4) is 0 Å². The monoisotopic (exact) mass is 341 g/mol. The Kier molecular flexibility index (Phi) is 5.02. The van der Waals surface area contributed by atoms with E-state index >= 15 is 0 Å². The minimum absolute atomic E-state index is 0.271. The van der Waals surface area contributed by atoms with Gasteiger partial charge in [-0.25, -0.2) is 14.8 Å². The number of rotatable bonds is 4. The molecule has 0 saturated carbocycles. The molecule has 2 aliphatic rings. The summed E-state index contributed by atoms with van der Waals surface area (Å²) in [6.45, 7) is 5.09. The average Bonchev–Trinajstić information content (AvgIpc) is 2.60. The van der Waals surface area contributed by atoms with Crippen molar-refractivity contribution < 1.29 is 9.53 Å². The molecule has 0 aromatic carbocycles. The fourth-order valence-corrected chi connectivity index (χ4v) is 2.86. The molecule has 1 aromatic rings. The molecule has 4 N–H and O–H groups in total. The normalized spacial score (nSPS) is 18.6. The number of nitrogens with zero attached hydrogens (tertiary/aromatic N) is 2. The summed E-state index contributed by atoms with van der Waals surface area (Å²) in [6, 6.07) is 1.72. The molecule has 132 valence electrons. The third-order valence-corrected chi connectivity index (χ3v) is 4.15. The molecule has 0 bridgehead atoms. The molecule has 3 rings (SSSR count). The zero-order valence-electron chi connectivity index (χ0n) is 14.5. The number of carbonyl (C=O) groups excluding carboxylic acids is 1. The maximum atomic E-state index is 11.7. The van der Waals surface area contributed by atoms with Crippen molar-refractivity contribution in [1.82, 2.24) is 4.98 Å². The standard InChI is InChI=1S/C18H23N5O2/c1-3-8-25-18(24)23-15-9-13-16(17(19)22-15)21-14(10-20-13)12-7-5-4-6-11(12)2/h4-5,7,9,11,20H,3,6,8,10H2,1-2H3,(H3,19,22,23,24). The summed E-state index contributed by atoms with van der Waals surface area (Å²) in [5.74, 6) is 1.04. The Morgan fingerprint density at radius 2 is 2.36 bits per heavy atom. The van der Waals surface area contributed by atoms with E-state index in [9.17, 15) is 4.79 Å². The van der Waals surface area contributed by atoms with Gasteiger partial charge in [-0.05, 0) is 24.3 Å². The summed E-state index contributed by atoms with van der Waals surface area (Å²) in [6.07, 6.45) is 7.54.